The van der Waals surface area contributed by atoms with E-state index >= 15 is 0 Å². The molecule has 3 atom stereocenters. The van der Waals surface area contributed by atoms with Crippen LogP contribution in [0, 0.1) is 5.92 Å². The van der Waals surface area contributed by atoms with Crippen molar-refractivity contribution < 1.29 is 14.7 Å². The van der Waals surface area contributed by atoms with E-state index < -0.39 is 0 Å². The summed E-state index contributed by atoms with van der Waals surface area (Å²) < 4.78 is 0. The minimum atomic E-state index is -0.195. The van der Waals surface area contributed by atoms with Gasteiger partial charge in [0.25, 0.3) is 0 Å². The number of nitrogens with zero attached hydrogens (tertiary/aromatic N) is 3. The predicted molar refractivity (Wildman–Crippen MR) is 86.8 cm³/mol. The van der Waals surface area contributed by atoms with Crippen LogP contribution < -0.4 is 0 Å². The maximum Gasteiger partial charge on any atom is 0.227 e. The van der Waals surface area contributed by atoms with Crippen molar-refractivity contribution in [2.45, 2.75) is 51.2 Å². The van der Waals surface area contributed by atoms with Crippen LogP contribution in [0.2, 0.25) is 0 Å². The average molecular weight is 323 g/mol. The van der Waals surface area contributed by atoms with E-state index in [-0.39, 0.29) is 29.9 Å². The van der Waals surface area contributed by atoms with Crippen LogP contribution in [0.25, 0.3) is 0 Å². The third-order valence-corrected chi connectivity index (χ3v) is 5.75. The fraction of sp³-hybridized carbons (Fsp3) is 0.882. The number of likely N-dealkylation sites (tertiary alicyclic amines) is 1. The summed E-state index contributed by atoms with van der Waals surface area (Å²) in [5.74, 6) is 0.251. The molecule has 130 valence electrons. The van der Waals surface area contributed by atoms with Crippen molar-refractivity contribution >= 4 is 11.8 Å². The minimum absolute atomic E-state index is 0.0312. The molecule has 1 saturated carbocycles. The van der Waals surface area contributed by atoms with Crippen molar-refractivity contribution in [1.82, 2.24) is 14.7 Å². The van der Waals surface area contributed by atoms with Crippen LogP contribution in [0.1, 0.15) is 39.0 Å². The molecular weight excluding hydrogens is 294 g/mol. The molecule has 6 nitrogen and oxygen atoms in total. The highest BCUT2D eigenvalue weighted by atomic mass is 16.3. The van der Waals surface area contributed by atoms with Crippen LogP contribution in [-0.2, 0) is 9.59 Å². The Morgan fingerprint density at radius 2 is 1.65 bits per heavy atom. The third kappa shape index (κ3) is 3.69. The van der Waals surface area contributed by atoms with Crippen LogP contribution in [-0.4, -0.2) is 83.0 Å². The Hall–Kier alpha value is -1.14. The Balaban J connectivity index is 1.51. The molecule has 0 bridgehead atoms. The zero-order valence-corrected chi connectivity index (χ0v) is 14.1. The molecule has 3 fully saturated rings. The Morgan fingerprint density at radius 1 is 0.913 bits per heavy atom. The van der Waals surface area contributed by atoms with Gasteiger partial charge >= 0.3 is 0 Å². The van der Waals surface area contributed by atoms with Gasteiger partial charge in [0.2, 0.25) is 11.8 Å². The fourth-order valence-electron chi connectivity index (χ4n) is 4.34. The predicted octanol–water partition coefficient (Wildman–Crippen LogP) is 0.303. The largest absolute Gasteiger partial charge is 0.391 e. The zero-order valence-electron chi connectivity index (χ0n) is 14.1. The molecule has 2 saturated heterocycles. The summed E-state index contributed by atoms with van der Waals surface area (Å²) in [6, 6.07) is 0.287. The molecule has 2 heterocycles. The van der Waals surface area contributed by atoms with Gasteiger partial charge in [-0.1, -0.05) is 0 Å². The number of rotatable bonds is 2. The molecule has 1 N–H and O–H groups in total. The van der Waals surface area contributed by atoms with E-state index in [4.69, 9.17) is 0 Å². The first-order valence-electron chi connectivity index (χ1n) is 9.02. The van der Waals surface area contributed by atoms with Crippen LogP contribution in [0.15, 0.2) is 0 Å². The van der Waals surface area contributed by atoms with Crippen molar-refractivity contribution in [2.24, 2.45) is 5.92 Å². The normalized spacial score (nSPS) is 33.0. The van der Waals surface area contributed by atoms with Crippen LogP contribution in [0.5, 0.6) is 0 Å². The first kappa shape index (κ1) is 16.7. The number of aliphatic hydroxyl groups excluding tert-OH is 1. The molecule has 0 aromatic carbocycles. The highest BCUT2D eigenvalue weighted by Crippen LogP contribution is 2.26. The highest BCUT2D eigenvalue weighted by Gasteiger charge is 2.35. The second-order valence-corrected chi connectivity index (χ2v) is 7.23. The van der Waals surface area contributed by atoms with Gasteiger partial charge in [0.1, 0.15) is 0 Å². The summed E-state index contributed by atoms with van der Waals surface area (Å²) in [4.78, 5) is 30.4. The Labute approximate surface area is 138 Å². The van der Waals surface area contributed by atoms with Crippen LogP contribution in [0.4, 0.5) is 0 Å². The molecule has 3 rings (SSSR count). The third-order valence-electron chi connectivity index (χ3n) is 5.75. The zero-order chi connectivity index (χ0) is 16.4. The number of carbonyl (C=O) groups excluding carboxylic acids is 2. The van der Waals surface area contributed by atoms with Gasteiger partial charge in [0, 0.05) is 52.2 Å². The monoisotopic (exact) mass is 323 g/mol. The molecule has 0 aromatic rings. The van der Waals surface area contributed by atoms with Crippen molar-refractivity contribution in [2.75, 3.05) is 39.3 Å². The van der Waals surface area contributed by atoms with E-state index in [2.05, 4.69) is 4.90 Å². The number of aliphatic hydroxyl groups is 1. The molecule has 3 aliphatic rings. The standard InChI is InChI=1S/C17H29N3O3/c1-13(21)20-7-3-4-14(12-20)17(23)19-10-8-18(9-11-19)15-5-2-6-16(15)22/h14-16,22H,2-12H2,1H3/t14-,15-,16+/m0/s1. The van der Waals surface area contributed by atoms with Gasteiger partial charge in [-0.05, 0) is 32.1 Å². The van der Waals surface area contributed by atoms with E-state index in [1.165, 1.54) is 0 Å². The number of carbonyl (C=O) groups is 2. The van der Waals surface area contributed by atoms with Crippen molar-refractivity contribution in [1.29, 1.82) is 0 Å². The number of hydrogen-bond acceptors (Lipinski definition) is 4. The van der Waals surface area contributed by atoms with E-state index in [9.17, 15) is 14.7 Å². The smallest absolute Gasteiger partial charge is 0.227 e. The summed E-state index contributed by atoms with van der Waals surface area (Å²) in [5.41, 5.74) is 0. The lowest BCUT2D eigenvalue weighted by molar-refractivity contribution is -0.142. The van der Waals surface area contributed by atoms with E-state index in [1.807, 2.05) is 4.90 Å². The van der Waals surface area contributed by atoms with Crippen molar-refractivity contribution in [3.63, 3.8) is 0 Å². The lowest BCUT2D eigenvalue weighted by Gasteiger charge is -2.41. The SMILES string of the molecule is CC(=O)N1CCC[C@H](C(=O)N2CCN([C@H]3CCC[C@H]3O)CC2)C1. The minimum Gasteiger partial charge on any atom is -0.391 e. The van der Waals surface area contributed by atoms with Gasteiger partial charge in [-0.25, -0.2) is 0 Å². The highest BCUT2D eigenvalue weighted by molar-refractivity contribution is 5.81. The van der Waals surface area contributed by atoms with Gasteiger partial charge in [-0.15, -0.1) is 0 Å². The van der Waals surface area contributed by atoms with Crippen LogP contribution >= 0.6 is 0 Å². The van der Waals surface area contributed by atoms with E-state index in [0.717, 1.165) is 64.8 Å². The second kappa shape index (κ2) is 7.18. The Kier molecular flexibility index (Phi) is 5.21. The molecule has 0 radical (unpaired) electrons. The summed E-state index contributed by atoms with van der Waals surface area (Å²) in [6.07, 6.45) is 4.71. The molecule has 0 spiro atoms. The maximum absolute atomic E-state index is 12.7. The number of hydrogen-bond donors (Lipinski definition) is 1. The van der Waals surface area contributed by atoms with Gasteiger partial charge < -0.3 is 14.9 Å². The molecule has 2 amide bonds. The molecule has 23 heavy (non-hydrogen) atoms. The lowest BCUT2D eigenvalue weighted by atomic mass is 9.96. The van der Waals surface area contributed by atoms with E-state index in [1.54, 1.807) is 11.8 Å². The molecule has 6 heteroatoms. The Bertz CT molecular complexity index is 448. The summed E-state index contributed by atoms with van der Waals surface area (Å²) in [6.45, 7) is 6.16. The number of amides is 2. The van der Waals surface area contributed by atoms with Crippen molar-refractivity contribution in [3.8, 4) is 0 Å². The average Bonchev–Trinajstić information content (AvgIpc) is 3.00. The molecule has 0 aromatic heterocycles. The van der Waals surface area contributed by atoms with Gasteiger partial charge in [-0.3, -0.25) is 14.5 Å². The first-order valence-corrected chi connectivity index (χ1v) is 9.02. The molecule has 1 aliphatic carbocycles. The summed E-state index contributed by atoms with van der Waals surface area (Å²) in [5, 5.41) is 10.0. The fourth-order valence-corrected chi connectivity index (χ4v) is 4.34. The van der Waals surface area contributed by atoms with Crippen LogP contribution in [0.3, 0.4) is 0 Å². The van der Waals surface area contributed by atoms with Gasteiger partial charge in [-0.2, -0.15) is 0 Å². The van der Waals surface area contributed by atoms with Crippen molar-refractivity contribution in [3.05, 3.63) is 0 Å². The summed E-state index contributed by atoms with van der Waals surface area (Å²) in [7, 11) is 0. The maximum atomic E-state index is 12.7. The Morgan fingerprint density at radius 3 is 2.26 bits per heavy atom. The molecule has 0 unspecified atom stereocenters. The first-order chi connectivity index (χ1) is 11.1. The van der Waals surface area contributed by atoms with Gasteiger partial charge in [0.05, 0.1) is 12.0 Å². The number of piperazine rings is 1. The van der Waals surface area contributed by atoms with Gasteiger partial charge in [0.15, 0.2) is 0 Å². The lowest BCUT2D eigenvalue weighted by Crippen LogP contribution is -2.55. The second-order valence-electron chi connectivity index (χ2n) is 7.23. The topological polar surface area (TPSA) is 64.1 Å². The van der Waals surface area contributed by atoms with E-state index in [0.29, 0.717) is 6.54 Å². The quantitative estimate of drug-likeness (QED) is 0.794. The molecule has 2 aliphatic heterocycles. The molecular formula is C17H29N3O3. The number of piperidine rings is 1. The summed E-state index contributed by atoms with van der Waals surface area (Å²) >= 11 is 0.